The van der Waals surface area contributed by atoms with Crippen LogP contribution in [-0.4, -0.2) is 21.9 Å². The quantitative estimate of drug-likeness (QED) is 0.515. The minimum absolute atomic E-state index is 0.114. The van der Waals surface area contributed by atoms with Gasteiger partial charge in [0.15, 0.2) is 0 Å². The van der Waals surface area contributed by atoms with Crippen molar-refractivity contribution in [2.75, 3.05) is 0 Å². The zero-order valence-electron chi connectivity index (χ0n) is 19.7. The molecule has 2 nitrogen and oxygen atoms in total. The second-order valence-corrected chi connectivity index (χ2v) is 12.5. The van der Waals surface area contributed by atoms with Crippen LogP contribution < -0.4 is 0 Å². The van der Waals surface area contributed by atoms with Gasteiger partial charge in [0.25, 0.3) is 0 Å². The van der Waals surface area contributed by atoms with Crippen molar-refractivity contribution in [3.63, 3.8) is 0 Å². The van der Waals surface area contributed by atoms with Crippen LogP contribution in [0.4, 0.5) is 0 Å². The molecule has 0 saturated heterocycles. The third-order valence-corrected chi connectivity index (χ3v) is 10.3. The lowest BCUT2D eigenvalue weighted by Gasteiger charge is -2.59. The Bertz CT molecular complexity index is 634. The second kappa shape index (κ2) is 7.66. The number of hydrogen-bond acceptors (Lipinski definition) is 2. The van der Waals surface area contributed by atoms with Crippen LogP contribution in [0.5, 0.6) is 0 Å². The Morgan fingerprint density at radius 3 is 2.59 bits per heavy atom. The Morgan fingerprint density at radius 1 is 1.10 bits per heavy atom. The molecule has 0 radical (unpaired) electrons. The maximum Gasteiger partial charge on any atom is 0.0653 e. The third-order valence-electron chi connectivity index (χ3n) is 10.3. The Hall–Kier alpha value is -0.340. The second-order valence-electron chi connectivity index (χ2n) is 12.5. The lowest BCUT2D eigenvalue weighted by Crippen LogP contribution is -2.53. The summed E-state index contributed by atoms with van der Waals surface area (Å²) in [5.41, 5.74) is 1.68. The number of hydrogen-bond donors (Lipinski definition) is 2. The summed E-state index contributed by atoms with van der Waals surface area (Å²) in [6.07, 6.45) is 15.2. The summed E-state index contributed by atoms with van der Waals surface area (Å²) in [5, 5.41) is 21.8. The topological polar surface area (TPSA) is 40.5 Å². The van der Waals surface area contributed by atoms with E-state index in [2.05, 4.69) is 40.7 Å². The van der Waals surface area contributed by atoms with E-state index in [0.717, 1.165) is 49.4 Å². The number of aliphatic hydroxyl groups excluding tert-OH is 1. The maximum absolute atomic E-state index is 11.6. The van der Waals surface area contributed by atoms with E-state index in [-0.39, 0.29) is 6.10 Å². The lowest BCUT2D eigenvalue weighted by molar-refractivity contribution is -0.105. The molecule has 0 spiro atoms. The smallest absolute Gasteiger partial charge is 0.0653 e. The Kier molecular flexibility index (Phi) is 5.78. The van der Waals surface area contributed by atoms with Crippen molar-refractivity contribution >= 4 is 0 Å². The van der Waals surface area contributed by atoms with Crippen LogP contribution in [0, 0.1) is 40.4 Å². The van der Waals surface area contributed by atoms with Gasteiger partial charge in [-0.2, -0.15) is 0 Å². The first-order valence-electron chi connectivity index (χ1n) is 12.7. The first-order chi connectivity index (χ1) is 13.6. The standard InChI is InChI=1S/C27H46O2/c1-18(2)7-6-14-27(5,29)24-11-10-22-21-9-8-19-17-20(28)12-15-25(19,3)23(21)13-16-26(22,24)4/h8,18,20-24,28-29H,6-7,9-17H2,1-5H3/t20-,21-,22-,23-,24-,25-,26-,27+/m0/s1. The van der Waals surface area contributed by atoms with E-state index in [0.29, 0.717) is 16.7 Å². The van der Waals surface area contributed by atoms with Crippen LogP contribution >= 0.6 is 0 Å². The normalized spacial score (nSPS) is 46.5. The van der Waals surface area contributed by atoms with E-state index in [1.807, 2.05) is 0 Å². The minimum Gasteiger partial charge on any atom is -0.393 e. The first-order valence-corrected chi connectivity index (χ1v) is 12.7. The molecule has 3 saturated carbocycles. The van der Waals surface area contributed by atoms with Crippen molar-refractivity contribution in [1.82, 2.24) is 0 Å². The third kappa shape index (κ3) is 3.65. The van der Waals surface area contributed by atoms with Crippen LogP contribution in [0.25, 0.3) is 0 Å². The molecule has 3 fully saturated rings. The van der Waals surface area contributed by atoms with Gasteiger partial charge in [-0.25, -0.2) is 0 Å². The van der Waals surface area contributed by atoms with Crippen molar-refractivity contribution in [1.29, 1.82) is 0 Å². The molecule has 4 aliphatic rings. The number of allylic oxidation sites excluding steroid dienone is 1. The lowest BCUT2D eigenvalue weighted by atomic mass is 9.46. The van der Waals surface area contributed by atoms with Crippen LogP contribution in [0.1, 0.15) is 105 Å². The molecule has 0 bridgehead atoms. The fourth-order valence-electron chi connectivity index (χ4n) is 8.71. The Labute approximate surface area is 179 Å². The minimum atomic E-state index is -0.514. The fraction of sp³-hybridized carbons (Fsp3) is 0.926. The predicted molar refractivity (Wildman–Crippen MR) is 121 cm³/mol. The van der Waals surface area contributed by atoms with E-state index >= 15 is 0 Å². The molecule has 8 atom stereocenters. The summed E-state index contributed by atoms with van der Waals surface area (Å²) in [6.45, 7) is 11.8. The monoisotopic (exact) mass is 402 g/mol. The molecule has 0 unspecified atom stereocenters. The average Bonchev–Trinajstić information content (AvgIpc) is 3.00. The van der Waals surface area contributed by atoms with Crippen molar-refractivity contribution < 1.29 is 10.2 Å². The molecule has 0 aliphatic heterocycles. The number of aliphatic hydroxyl groups is 2. The average molecular weight is 403 g/mol. The maximum atomic E-state index is 11.6. The summed E-state index contributed by atoms with van der Waals surface area (Å²) in [4.78, 5) is 0. The van der Waals surface area contributed by atoms with Crippen LogP contribution in [0.15, 0.2) is 11.6 Å². The highest BCUT2D eigenvalue weighted by Crippen LogP contribution is 2.67. The van der Waals surface area contributed by atoms with Crippen molar-refractivity contribution in [2.45, 2.75) is 117 Å². The van der Waals surface area contributed by atoms with Gasteiger partial charge in [-0.15, -0.1) is 0 Å². The van der Waals surface area contributed by atoms with Gasteiger partial charge in [0, 0.05) is 0 Å². The first kappa shape index (κ1) is 21.9. The molecule has 0 aromatic carbocycles. The van der Waals surface area contributed by atoms with Crippen molar-refractivity contribution in [3.8, 4) is 0 Å². The highest BCUT2D eigenvalue weighted by molar-refractivity contribution is 5.25. The summed E-state index contributed by atoms with van der Waals surface area (Å²) in [5.74, 6) is 3.53. The zero-order chi connectivity index (χ0) is 21.0. The van der Waals surface area contributed by atoms with E-state index in [4.69, 9.17) is 0 Å². The molecule has 4 aliphatic carbocycles. The van der Waals surface area contributed by atoms with Crippen LogP contribution in [0.2, 0.25) is 0 Å². The highest BCUT2D eigenvalue weighted by Gasteiger charge is 2.61. The predicted octanol–water partition coefficient (Wildman–Crippen LogP) is 6.50. The van der Waals surface area contributed by atoms with Crippen molar-refractivity contribution in [2.24, 2.45) is 40.4 Å². The van der Waals surface area contributed by atoms with Crippen LogP contribution in [0.3, 0.4) is 0 Å². The molecule has 0 heterocycles. The van der Waals surface area contributed by atoms with Gasteiger partial charge in [0.2, 0.25) is 0 Å². The molecule has 2 heteroatoms. The summed E-state index contributed by atoms with van der Waals surface area (Å²) in [7, 11) is 0. The molecule has 29 heavy (non-hydrogen) atoms. The molecule has 166 valence electrons. The van der Waals surface area contributed by atoms with Crippen LogP contribution in [-0.2, 0) is 0 Å². The van der Waals surface area contributed by atoms with E-state index in [1.165, 1.54) is 44.9 Å². The van der Waals surface area contributed by atoms with Gasteiger partial charge in [-0.05, 0) is 105 Å². The molecule has 0 aromatic heterocycles. The zero-order valence-corrected chi connectivity index (χ0v) is 19.7. The largest absolute Gasteiger partial charge is 0.393 e. The van der Waals surface area contributed by atoms with Gasteiger partial charge in [0.1, 0.15) is 0 Å². The summed E-state index contributed by atoms with van der Waals surface area (Å²) >= 11 is 0. The highest BCUT2D eigenvalue weighted by atomic mass is 16.3. The van der Waals surface area contributed by atoms with Crippen molar-refractivity contribution in [3.05, 3.63) is 11.6 Å². The number of rotatable bonds is 5. The molecule has 0 amide bonds. The van der Waals surface area contributed by atoms with Gasteiger partial charge < -0.3 is 10.2 Å². The molecule has 4 rings (SSSR count). The molecule has 0 aromatic rings. The SMILES string of the molecule is CC(C)CCC[C@@](C)(O)[C@H]1CC[C@H]2[C@@H]3CC=C4C[C@@H](O)CC[C@]4(C)[C@H]3CC[C@@]21C. The summed E-state index contributed by atoms with van der Waals surface area (Å²) in [6, 6.07) is 0. The van der Waals surface area contributed by atoms with E-state index in [1.54, 1.807) is 5.57 Å². The van der Waals surface area contributed by atoms with Gasteiger partial charge >= 0.3 is 0 Å². The molecule has 2 N–H and O–H groups in total. The van der Waals surface area contributed by atoms with Gasteiger partial charge in [0.05, 0.1) is 11.7 Å². The Morgan fingerprint density at radius 2 is 1.86 bits per heavy atom. The Balaban J connectivity index is 1.53. The summed E-state index contributed by atoms with van der Waals surface area (Å²) < 4.78 is 0. The molecular formula is C27H46O2. The van der Waals surface area contributed by atoms with E-state index in [9.17, 15) is 10.2 Å². The van der Waals surface area contributed by atoms with Gasteiger partial charge in [-0.1, -0.05) is 52.2 Å². The fourth-order valence-corrected chi connectivity index (χ4v) is 8.71. The molecular weight excluding hydrogens is 356 g/mol. The number of fused-ring (bicyclic) bond motifs is 5. The van der Waals surface area contributed by atoms with E-state index < -0.39 is 5.60 Å². The van der Waals surface area contributed by atoms with Gasteiger partial charge in [-0.3, -0.25) is 0 Å².